The summed E-state index contributed by atoms with van der Waals surface area (Å²) in [6, 6.07) is 8.91. The monoisotopic (exact) mass is 329 g/mol. The highest BCUT2D eigenvalue weighted by molar-refractivity contribution is 6.02. The Balaban J connectivity index is 1.61. The van der Waals surface area contributed by atoms with E-state index in [-0.39, 0.29) is 24.1 Å². The summed E-state index contributed by atoms with van der Waals surface area (Å²) in [5, 5.41) is 6.90. The van der Waals surface area contributed by atoms with Gasteiger partial charge in [-0.3, -0.25) is 9.48 Å². The third kappa shape index (κ3) is 3.62. The molecule has 0 radical (unpaired) electrons. The molecule has 1 amide bonds. The summed E-state index contributed by atoms with van der Waals surface area (Å²) < 4.78 is 25.4. The molecule has 0 aliphatic carbocycles. The number of rotatable bonds is 5. The van der Waals surface area contributed by atoms with E-state index in [9.17, 15) is 9.18 Å². The van der Waals surface area contributed by atoms with Crippen LogP contribution in [0.3, 0.4) is 0 Å². The predicted octanol–water partition coefficient (Wildman–Crippen LogP) is 3.29. The maximum absolute atomic E-state index is 12.8. The lowest BCUT2D eigenvalue weighted by atomic mass is 10.3. The number of nitrogens with one attached hydrogen (secondary N) is 1. The standard InChI is InChI=1S/C17H16FN3O3/c1-11-15(9-21(2)20-11)19-17(22)16-8-7-14(24-16)10-23-13-5-3-12(18)4-6-13/h3-9H,10H2,1-2H3,(H,19,22). The summed E-state index contributed by atoms with van der Waals surface area (Å²) in [7, 11) is 1.78. The van der Waals surface area contributed by atoms with Crippen molar-refractivity contribution in [2.45, 2.75) is 13.5 Å². The fourth-order valence-electron chi connectivity index (χ4n) is 2.17. The number of carbonyl (C=O) groups is 1. The number of carbonyl (C=O) groups excluding carboxylic acids is 1. The van der Waals surface area contributed by atoms with Crippen LogP contribution in [-0.4, -0.2) is 15.7 Å². The molecule has 3 rings (SSSR count). The van der Waals surface area contributed by atoms with E-state index in [4.69, 9.17) is 9.15 Å². The lowest BCUT2D eigenvalue weighted by Crippen LogP contribution is -2.11. The molecule has 124 valence electrons. The Morgan fingerprint density at radius 2 is 2.04 bits per heavy atom. The summed E-state index contributed by atoms with van der Waals surface area (Å²) in [5.41, 5.74) is 1.35. The second-order valence-corrected chi connectivity index (χ2v) is 5.26. The van der Waals surface area contributed by atoms with E-state index in [1.54, 1.807) is 37.0 Å². The van der Waals surface area contributed by atoms with E-state index >= 15 is 0 Å². The Labute approximate surface area is 137 Å². The number of anilines is 1. The second-order valence-electron chi connectivity index (χ2n) is 5.26. The highest BCUT2D eigenvalue weighted by Crippen LogP contribution is 2.17. The van der Waals surface area contributed by atoms with Crippen molar-refractivity contribution in [1.82, 2.24) is 9.78 Å². The molecule has 0 aliphatic heterocycles. The minimum atomic E-state index is -0.362. The minimum absolute atomic E-state index is 0.144. The molecule has 3 aromatic rings. The summed E-state index contributed by atoms with van der Waals surface area (Å²) in [6.07, 6.45) is 1.72. The van der Waals surface area contributed by atoms with E-state index in [1.807, 2.05) is 0 Å². The van der Waals surface area contributed by atoms with Gasteiger partial charge in [-0.1, -0.05) is 0 Å². The number of hydrogen-bond donors (Lipinski definition) is 1. The Morgan fingerprint density at radius 1 is 1.29 bits per heavy atom. The van der Waals surface area contributed by atoms with Gasteiger partial charge in [0.2, 0.25) is 0 Å². The van der Waals surface area contributed by atoms with Crippen molar-refractivity contribution in [2.24, 2.45) is 7.05 Å². The van der Waals surface area contributed by atoms with Gasteiger partial charge in [0.05, 0.1) is 11.4 Å². The Kier molecular flexibility index (Phi) is 4.33. The molecule has 0 fully saturated rings. The average Bonchev–Trinajstić information content (AvgIpc) is 3.14. The quantitative estimate of drug-likeness (QED) is 0.780. The van der Waals surface area contributed by atoms with Crippen LogP contribution in [0.5, 0.6) is 5.75 Å². The van der Waals surface area contributed by atoms with E-state index in [2.05, 4.69) is 10.4 Å². The maximum Gasteiger partial charge on any atom is 0.291 e. The maximum atomic E-state index is 12.8. The molecule has 2 aromatic heterocycles. The molecular formula is C17H16FN3O3. The third-order valence-electron chi connectivity index (χ3n) is 3.34. The van der Waals surface area contributed by atoms with Gasteiger partial charge in [0.25, 0.3) is 5.91 Å². The van der Waals surface area contributed by atoms with Gasteiger partial charge in [-0.05, 0) is 43.3 Å². The van der Waals surface area contributed by atoms with Gasteiger partial charge in [-0.2, -0.15) is 5.10 Å². The molecule has 6 nitrogen and oxygen atoms in total. The summed E-state index contributed by atoms with van der Waals surface area (Å²) in [5.74, 6) is 0.497. The number of amides is 1. The molecule has 0 atom stereocenters. The number of hydrogen-bond acceptors (Lipinski definition) is 4. The summed E-state index contributed by atoms with van der Waals surface area (Å²) in [4.78, 5) is 12.2. The number of furan rings is 1. The number of halogens is 1. The zero-order chi connectivity index (χ0) is 17.1. The molecule has 0 unspecified atom stereocenters. The van der Waals surface area contributed by atoms with Crippen molar-refractivity contribution in [3.8, 4) is 5.75 Å². The first kappa shape index (κ1) is 15.8. The molecule has 7 heteroatoms. The van der Waals surface area contributed by atoms with Crippen molar-refractivity contribution < 1.29 is 18.3 Å². The molecule has 2 heterocycles. The van der Waals surface area contributed by atoms with Gasteiger partial charge >= 0.3 is 0 Å². The number of aromatic nitrogens is 2. The highest BCUT2D eigenvalue weighted by Gasteiger charge is 2.14. The third-order valence-corrected chi connectivity index (χ3v) is 3.34. The van der Waals surface area contributed by atoms with Crippen molar-refractivity contribution >= 4 is 11.6 Å². The molecule has 0 saturated carbocycles. The highest BCUT2D eigenvalue weighted by atomic mass is 19.1. The van der Waals surface area contributed by atoms with Crippen LogP contribution >= 0.6 is 0 Å². The number of aryl methyl sites for hydroxylation is 2. The zero-order valence-electron chi connectivity index (χ0n) is 13.2. The molecule has 0 bridgehead atoms. The Bertz CT molecular complexity index is 852. The Morgan fingerprint density at radius 3 is 2.71 bits per heavy atom. The largest absolute Gasteiger partial charge is 0.486 e. The van der Waals surface area contributed by atoms with Crippen LogP contribution in [0.15, 0.2) is 47.0 Å². The molecule has 0 saturated heterocycles. The first-order chi connectivity index (χ1) is 11.5. The summed E-state index contributed by atoms with van der Waals surface area (Å²) >= 11 is 0. The van der Waals surface area contributed by atoms with Crippen LogP contribution in [0.2, 0.25) is 0 Å². The zero-order valence-corrected chi connectivity index (χ0v) is 13.2. The molecule has 0 aliphatic rings. The summed E-state index contributed by atoms with van der Waals surface area (Å²) in [6.45, 7) is 1.95. The topological polar surface area (TPSA) is 69.3 Å². The molecule has 1 N–H and O–H groups in total. The number of ether oxygens (including phenoxy) is 1. The van der Waals surface area contributed by atoms with Gasteiger partial charge < -0.3 is 14.5 Å². The van der Waals surface area contributed by atoms with Crippen molar-refractivity contribution in [2.75, 3.05) is 5.32 Å². The minimum Gasteiger partial charge on any atom is -0.486 e. The van der Waals surface area contributed by atoms with Crippen molar-refractivity contribution in [3.05, 3.63) is 65.6 Å². The van der Waals surface area contributed by atoms with E-state index in [1.165, 1.54) is 24.3 Å². The van der Waals surface area contributed by atoms with Gasteiger partial charge in [0.15, 0.2) is 5.76 Å². The van der Waals surface area contributed by atoms with Crippen LogP contribution < -0.4 is 10.1 Å². The first-order valence-electron chi connectivity index (χ1n) is 7.30. The van der Waals surface area contributed by atoms with Gasteiger partial charge in [-0.15, -0.1) is 0 Å². The lowest BCUT2D eigenvalue weighted by molar-refractivity contribution is 0.0992. The first-order valence-corrected chi connectivity index (χ1v) is 7.30. The SMILES string of the molecule is Cc1nn(C)cc1NC(=O)c1ccc(COc2ccc(F)cc2)o1. The number of nitrogens with zero attached hydrogens (tertiary/aromatic N) is 2. The van der Waals surface area contributed by atoms with Gasteiger partial charge in [0.1, 0.15) is 23.9 Å². The van der Waals surface area contributed by atoms with Crippen LogP contribution in [0.25, 0.3) is 0 Å². The second kappa shape index (κ2) is 6.57. The van der Waals surface area contributed by atoms with Crippen LogP contribution in [-0.2, 0) is 13.7 Å². The molecule has 24 heavy (non-hydrogen) atoms. The van der Waals surface area contributed by atoms with Gasteiger partial charge in [0, 0.05) is 13.2 Å². The average molecular weight is 329 g/mol. The number of benzene rings is 1. The van der Waals surface area contributed by atoms with Crippen LogP contribution in [0.4, 0.5) is 10.1 Å². The van der Waals surface area contributed by atoms with Crippen molar-refractivity contribution in [1.29, 1.82) is 0 Å². The molecule has 0 spiro atoms. The smallest absolute Gasteiger partial charge is 0.291 e. The van der Waals surface area contributed by atoms with E-state index in [0.717, 1.165) is 5.69 Å². The van der Waals surface area contributed by atoms with E-state index < -0.39 is 0 Å². The fraction of sp³-hybridized carbons (Fsp3) is 0.176. The lowest BCUT2D eigenvalue weighted by Gasteiger charge is -2.04. The van der Waals surface area contributed by atoms with Crippen molar-refractivity contribution in [3.63, 3.8) is 0 Å². The fourth-order valence-corrected chi connectivity index (χ4v) is 2.17. The van der Waals surface area contributed by atoms with Crippen LogP contribution in [0, 0.1) is 12.7 Å². The van der Waals surface area contributed by atoms with Gasteiger partial charge in [-0.25, -0.2) is 4.39 Å². The Hall–Kier alpha value is -3.09. The molecular weight excluding hydrogens is 313 g/mol. The normalized spacial score (nSPS) is 10.6. The molecule has 1 aromatic carbocycles. The predicted molar refractivity (Wildman–Crippen MR) is 85.3 cm³/mol. The van der Waals surface area contributed by atoms with E-state index in [0.29, 0.717) is 17.2 Å². The van der Waals surface area contributed by atoms with Crippen LogP contribution in [0.1, 0.15) is 22.0 Å².